The monoisotopic (exact) mass is 415 g/mol. The van der Waals surface area contributed by atoms with Gasteiger partial charge in [-0.25, -0.2) is 4.79 Å². The molecule has 1 N–H and O–H groups in total. The molecule has 0 bridgehead atoms. The highest BCUT2D eigenvalue weighted by molar-refractivity contribution is 5.95. The number of carbonyl (C=O) groups excluding carboxylic acids is 2. The highest BCUT2D eigenvalue weighted by Gasteiger charge is 2.21. The summed E-state index contributed by atoms with van der Waals surface area (Å²) in [6.45, 7) is 3.77. The van der Waals surface area contributed by atoms with Gasteiger partial charge in [-0.3, -0.25) is 4.79 Å². The predicted molar refractivity (Wildman–Crippen MR) is 113 cm³/mol. The van der Waals surface area contributed by atoms with Crippen molar-refractivity contribution in [1.82, 2.24) is 5.32 Å². The zero-order valence-corrected chi connectivity index (χ0v) is 18.1. The van der Waals surface area contributed by atoms with Gasteiger partial charge in [0.25, 0.3) is 5.91 Å². The van der Waals surface area contributed by atoms with Crippen LogP contribution in [0.5, 0.6) is 17.2 Å². The highest BCUT2D eigenvalue weighted by Crippen LogP contribution is 2.34. The summed E-state index contributed by atoms with van der Waals surface area (Å²) in [4.78, 5) is 25.0. The third kappa shape index (κ3) is 6.14. The summed E-state index contributed by atoms with van der Waals surface area (Å²) in [5.41, 5.74) is 1.15. The van der Waals surface area contributed by atoms with Gasteiger partial charge in [0, 0.05) is 12.1 Å². The van der Waals surface area contributed by atoms with Crippen LogP contribution in [0.2, 0.25) is 0 Å². The van der Waals surface area contributed by atoms with E-state index in [4.69, 9.17) is 18.9 Å². The fourth-order valence-corrected chi connectivity index (χ4v) is 3.07. The van der Waals surface area contributed by atoms with Gasteiger partial charge < -0.3 is 24.3 Å². The molecule has 2 aromatic carbocycles. The van der Waals surface area contributed by atoms with Crippen molar-refractivity contribution in [1.29, 1.82) is 0 Å². The van der Waals surface area contributed by atoms with Crippen LogP contribution in [-0.4, -0.2) is 39.8 Å². The molecule has 0 aliphatic heterocycles. The van der Waals surface area contributed by atoms with Crippen molar-refractivity contribution >= 4 is 11.9 Å². The van der Waals surface area contributed by atoms with E-state index >= 15 is 0 Å². The Morgan fingerprint density at radius 3 is 2.07 bits per heavy atom. The fraction of sp³-hybridized carbons (Fsp3) is 0.391. The second kappa shape index (κ2) is 11.1. The van der Waals surface area contributed by atoms with Crippen molar-refractivity contribution in [3.63, 3.8) is 0 Å². The molecule has 0 aromatic heterocycles. The summed E-state index contributed by atoms with van der Waals surface area (Å²) in [5, 5.41) is 2.95. The number of ether oxygens (including phenoxy) is 4. The van der Waals surface area contributed by atoms with Crippen LogP contribution >= 0.6 is 0 Å². The molecule has 30 heavy (non-hydrogen) atoms. The lowest BCUT2D eigenvalue weighted by Crippen LogP contribution is -2.33. The molecule has 0 aliphatic carbocycles. The zero-order chi connectivity index (χ0) is 22.1. The first kappa shape index (κ1) is 23.1. The molecular weight excluding hydrogens is 386 g/mol. The van der Waals surface area contributed by atoms with Crippen molar-refractivity contribution in [3.05, 3.63) is 53.6 Å². The Bertz CT molecular complexity index is 850. The van der Waals surface area contributed by atoms with Gasteiger partial charge in [-0.15, -0.1) is 0 Å². The van der Waals surface area contributed by atoms with Crippen molar-refractivity contribution < 1.29 is 28.5 Å². The summed E-state index contributed by atoms with van der Waals surface area (Å²) in [5.74, 6) is 0.355. The summed E-state index contributed by atoms with van der Waals surface area (Å²) < 4.78 is 20.9. The Kier molecular flexibility index (Phi) is 8.53. The molecule has 0 unspecified atom stereocenters. The number of methoxy groups -OCH3 is 3. The fourth-order valence-electron chi connectivity index (χ4n) is 3.07. The number of hydrogen-bond acceptors (Lipinski definition) is 6. The topological polar surface area (TPSA) is 83.1 Å². The van der Waals surface area contributed by atoms with E-state index in [-0.39, 0.29) is 23.3 Å². The van der Waals surface area contributed by atoms with Crippen molar-refractivity contribution in [3.8, 4) is 17.2 Å². The number of benzene rings is 2. The summed E-state index contributed by atoms with van der Waals surface area (Å²) in [6.07, 6.45) is 0.771. The maximum atomic E-state index is 12.6. The number of amides is 1. The Morgan fingerprint density at radius 2 is 1.50 bits per heavy atom. The molecule has 7 heteroatoms. The van der Waals surface area contributed by atoms with E-state index in [0.717, 1.165) is 12.0 Å². The first-order valence-corrected chi connectivity index (χ1v) is 9.71. The number of nitrogens with one attached hydrogen (secondary N) is 1. The quantitative estimate of drug-likeness (QED) is 0.595. The normalized spacial score (nSPS) is 11.5. The molecule has 2 aromatic rings. The van der Waals surface area contributed by atoms with Crippen LogP contribution in [0.4, 0.5) is 0 Å². The maximum absolute atomic E-state index is 12.6. The third-order valence-electron chi connectivity index (χ3n) is 4.50. The summed E-state index contributed by atoms with van der Waals surface area (Å²) in [7, 11) is 4.38. The zero-order valence-electron chi connectivity index (χ0n) is 18.1. The van der Waals surface area contributed by atoms with E-state index in [1.165, 1.54) is 33.5 Å². The molecular formula is C23H29NO6. The maximum Gasteiger partial charge on any atom is 0.342 e. The van der Waals surface area contributed by atoms with Crippen LogP contribution in [-0.2, 0) is 9.53 Å². The molecule has 0 spiro atoms. The first-order chi connectivity index (χ1) is 14.4. The molecule has 0 saturated carbocycles. The van der Waals surface area contributed by atoms with E-state index in [9.17, 15) is 9.59 Å². The first-order valence-electron chi connectivity index (χ1n) is 9.71. The highest BCUT2D eigenvalue weighted by atomic mass is 16.5. The Morgan fingerprint density at radius 1 is 0.900 bits per heavy atom. The largest absolute Gasteiger partial charge is 0.496 e. The number of carbonyl (C=O) groups is 2. The lowest BCUT2D eigenvalue weighted by atomic mass is 9.97. The number of esters is 1. The molecule has 162 valence electrons. The van der Waals surface area contributed by atoms with Crippen LogP contribution in [0.15, 0.2) is 42.5 Å². The minimum absolute atomic E-state index is 0.143. The van der Waals surface area contributed by atoms with Gasteiger partial charge in [0.2, 0.25) is 0 Å². The van der Waals surface area contributed by atoms with E-state index in [2.05, 4.69) is 19.2 Å². The van der Waals surface area contributed by atoms with Crippen LogP contribution < -0.4 is 19.5 Å². The van der Waals surface area contributed by atoms with E-state index in [0.29, 0.717) is 17.4 Å². The smallest absolute Gasteiger partial charge is 0.342 e. The molecule has 0 saturated heterocycles. The molecule has 0 radical (unpaired) electrons. The van der Waals surface area contributed by atoms with Gasteiger partial charge >= 0.3 is 5.97 Å². The lowest BCUT2D eigenvalue weighted by Gasteiger charge is -2.21. The number of rotatable bonds is 10. The van der Waals surface area contributed by atoms with Gasteiger partial charge in [0.15, 0.2) is 18.1 Å². The average molecular weight is 415 g/mol. The minimum Gasteiger partial charge on any atom is -0.496 e. The molecule has 1 atom stereocenters. The molecule has 2 rings (SSSR count). The molecule has 0 heterocycles. The van der Waals surface area contributed by atoms with E-state index < -0.39 is 12.6 Å². The van der Waals surface area contributed by atoms with Gasteiger partial charge in [0.05, 0.1) is 27.4 Å². The average Bonchev–Trinajstić information content (AvgIpc) is 2.76. The SMILES string of the molecule is COc1cc(OC)c(C(=O)OCC(=O)N[C@@H](CC(C)C)c2ccccc2)cc1OC. The van der Waals surface area contributed by atoms with E-state index in [1.807, 2.05) is 30.3 Å². The third-order valence-corrected chi connectivity index (χ3v) is 4.50. The molecule has 7 nitrogen and oxygen atoms in total. The lowest BCUT2D eigenvalue weighted by molar-refractivity contribution is -0.125. The Labute approximate surface area is 177 Å². The predicted octanol–water partition coefficient (Wildman–Crippen LogP) is 3.77. The molecule has 1 amide bonds. The Balaban J connectivity index is 2.07. The number of hydrogen-bond donors (Lipinski definition) is 1. The molecule has 0 aliphatic rings. The van der Waals surface area contributed by atoms with Crippen molar-refractivity contribution in [2.75, 3.05) is 27.9 Å². The van der Waals surface area contributed by atoms with Crippen molar-refractivity contribution in [2.24, 2.45) is 5.92 Å². The van der Waals surface area contributed by atoms with Crippen LogP contribution in [0.3, 0.4) is 0 Å². The summed E-state index contributed by atoms with van der Waals surface area (Å²) in [6, 6.07) is 12.6. The van der Waals surface area contributed by atoms with Gasteiger partial charge in [-0.05, 0) is 17.9 Å². The van der Waals surface area contributed by atoms with Gasteiger partial charge in [0.1, 0.15) is 11.3 Å². The van der Waals surface area contributed by atoms with Gasteiger partial charge in [-0.1, -0.05) is 44.2 Å². The van der Waals surface area contributed by atoms with Crippen LogP contribution in [0, 0.1) is 5.92 Å². The second-order valence-electron chi connectivity index (χ2n) is 7.14. The van der Waals surface area contributed by atoms with E-state index in [1.54, 1.807) is 0 Å². The summed E-state index contributed by atoms with van der Waals surface area (Å²) >= 11 is 0. The standard InChI is InChI=1S/C23H29NO6/c1-15(2)11-18(16-9-7-6-8-10-16)24-22(25)14-30-23(26)17-12-20(28-4)21(29-5)13-19(17)27-3/h6-10,12-13,15,18H,11,14H2,1-5H3,(H,24,25)/t18-/m0/s1. The minimum atomic E-state index is -0.692. The Hall–Kier alpha value is -3.22. The van der Waals surface area contributed by atoms with Crippen LogP contribution in [0.25, 0.3) is 0 Å². The van der Waals surface area contributed by atoms with Crippen LogP contribution in [0.1, 0.15) is 42.2 Å². The van der Waals surface area contributed by atoms with Gasteiger partial charge in [-0.2, -0.15) is 0 Å². The molecule has 0 fully saturated rings. The van der Waals surface area contributed by atoms with Crippen molar-refractivity contribution in [2.45, 2.75) is 26.3 Å². The second-order valence-corrected chi connectivity index (χ2v) is 7.14.